The first-order chi connectivity index (χ1) is 15.5. The SMILES string of the molecule is Cc1cc(/C=C(\C#N)C(=O)NCCc2c[nH]c3ccccc23)c(C)n1-c1ccc(Br)cc1. The smallest absolute Gasteiger partial charge is 0.261 e. The number of carbonyl (C=O) groups is 1. The van der Waals surface area contributed by atoms with E-state index in [4.69, 9.17) is 0 Å². The summed E-state index contributed by atoms with van der Waals surface area (Å²) in [4.78, 5) is 15.9. The van der Waals surface area contributed by atoms with Crippen molar-refractivity contribution in [2.75, 3.05) is 6.54 Å². The Hall–Kier alpha value is -3.56. The van der Waals surface area contributed by atoms with E-state index >= 15 is 0 Å². The molecule has 5 nitrogen and oxygen atoms in total. The highest BCUT2D eigenvalue weighted by atomic mass is 79.9. The second-order valence-electron chi connectivity index (χ2n) is 7.67. The highest BCUT2D eigenvalue weighted by Crippen LogP contribution is 2.24. The van der Waals surface area contributed by atoms with Gasteiger partial charge in [-0.15, -0.1) is 0 Å². The molecular weight excluding hydrogens is 464 g/mol. The normalized spacial score (nSPS) is 11.5. The summed E-state index contributed by atoms with van der Waals surface area (Å²) in [7, 11) is 0. The summed E-state index contributed by atoms with van der Waals surface area (Å²) in [6.45, 7) is 4.46. The average Bonchev–Trinajstić information content (AvgIpc) is 3.33. The van der Waals surface area contributed by atoms with Crippen LogP contribution in [0.5, 0.6) is 0 Å². The van der Waals surface area contributed by atoms with Crippen LogP contribution in [-0.2, 0) is 11.2 Å². The van der Waals surface area contributed by atoms with Gasteiger partial charge in [0.1, 0.15) is 11.6 Å². The van der Waals surface area contributed by atoms with Crippen molar-refractivity contribution in [3.05, 3.63) is 93.4 Å². The molecule has 2 aromatic heterocycles. The maximum absolute atomic E-state index is 12.7. The molecule has 1 amide bonds. The minimum atomic E-state index is -0.360. The average molecular weight is 487 g/mol. The minimum absolute atomic E-state index is 0.0972. The summed E-state index contributed by atoms with van der Waals surface area (Å²) >= 11 is 3.46. The number of H-pyrrole nitrogens is 1. The topological polar surface area (TPSA) is 73.6 Å². The maximum atomic E-state index is 12.7. The Morgan fingerprint density at radius 3 is 2.69 bits per heavy atom. The number of aromatic amines is 1. The van der Waals surface area contributed by atoms with E-state index < -0.39 is 0 Å². The standard InChI is InChI=1S/C26H23BrN4O/c1-17-13-20(18(2)31(17)23-9-7-22(27)8-10-23)14-21(15-28)26(32)29-12-11-19-16-30-25-6-4-3-5-24(19)25/h3-10,13-14,16,30H,11-12H2,1-2H3,(H,29,32)/b21-14+. The molecule has 0 saturated heterocycles. The number of aryl methyl sites for hydroxylation is 1. The number of hydrogen-bond acceptors (Lipinski definition) is 2. The molecule has 160 valence electrons. The van der Waals surface area contributed by atoms with Crippen LogP contribution in [0.2, 0.25) is 0 Å². The number of rotatable bonds is 6. The number of amides is 1. The van der Waals surface area contributed by atoms with Crippen molar-refractivity contribution in [3.8, 4) is 11.8 Å². The molecule has 0 spiro atoms. The van der Waals surface area contributed by atoms with Gasteiger partial charge in [0.25, 0.3) is 5.91 Å². The highest BCUT2D eigenvalue weighted by molar-refractivity contribution is 9.10. The molecule has 0 bridgehead atoms. The Morgan fingerprint density at radius 2 is 1.94 bits per heavy atom. The largest absolute Gasteiger partial charge is 0.361 e. The van der Waals surface area contributed by atoms with Crippen LogP contribution in [0.1, 0.15) is 22.5 Å². The Balaban J connectivity index is 1.49. The fraction of sp³-hybridized carbons (Fsp3) is 0.154. The summed E-state index contributed by atoms with van der Waals surface area (Å²) in [6.07, 6.45) is 4.32. The Morgan fingerprint density at radius 1 is 1.19 bits per heavy atom. The number of benzene rings is 2. The van der Waals surface area contributed by atoms with Gasteiger partial charge < -0.3 is 14.9 Å². The zero-order valence-electron chi connectivity index (χ0n) is 17.9. The predicted molar refractivity (Wildman–Crippen MR) is 132 cm³/mol. The number of aromatic nitrogens is 2. The Kier molecular flexibility index (Phi) is 6.29. The molecule has 0 fully saturated rings. The summed E-state index contributed by atoms with van der Waals surface area (Å²) in [5.74, 6) is -0.360. The third-order valence-electron chi connectivity index (χ3n) is 5.57. The van der Waals surface area contributed by atoms with Crippen LogP contribution in [-0.4, -0.2) is 22.0 Å². The van der Waals surface area contributed by atoms with Gasteiger partial charge in [-0.1, -0.05) is 34.1 Å². The number of carbonyl (C=O) groups excluding carboxylic acids is 1. The maximum Gasteiger partial charge on any atom is 0.261 e. The number of nitrogens with one attached hydrogen (secondary N) is 2. The van der Waals surface area contributed by atoms with Gasteiger partial charge in [0.15, 0.2) is 0 Å². The van der Waals surface area contributed by atoms with Gasteiger partial charge in [-0.2, -0.15) is 5.26 Å². The van der Waals surface area contributed by atoms with Crippen molar-refractivity contribution in [1.29, 1.82) is 5.26 Å². The second-order valence-corrected chi connectivity index (χ2v) is 8.59. The summed E-state index contributed by atoms with van der Waals surface area (Å²) in [5, 5.41) is 13.6. The first kappa shape index (κ1) is 21.7. The number of halogens is 1. The van der Waals surface area contributed by atoms with E-state index in [1.807, 2.05) is 68.6 Å². The van der Waals surface area contributed by atoms with Gasteiger partial charge in [-0.25, -0.2) is 0 Å². The molecule has 2 heterocycles. The lowest BCUT2D eigenvalue weighted by atomic mass is 10.1. The molecule has 0 atom stereocenters. The first-order valence-electron chi connectivity index (χ1n) is 10.4. The zero-order valence-corrected chi connectivity index (χ0v) is 19.5. The van der Waals surface area contributed by atoms with Crippen LogP contribution in [0.3, 0.4) is 0 Å². The lowest BCUT2D eigenvalue weighted by Gasteiger charge is -2.09. The van der Waals surface area contributed by atoms with E-state index in [1.165, 1.54) is 0 Å². The van der Waals surface area contributed by atoms with Crippen molar-refractivity contribution in [2.45, 2.75) is 20.3 Å². The van der Waals surface area contributed by atoms with Gasteiger partial charge in [-0.3, -0.25) is 4.79 Å². The van der Waals surface area contributed by atoms with Crippen LogP contribution >= 0.6 is 15.9 Å². The quantitative estimate of drug-likeness (QED) is 0.274. The minimum Gasteiger partial charge on any atom is -0.361 e. The van der Waals surface area contributed by atoms with Gasteiger partial charge in [0.05, 0.1) is 0 Å². The molecule has 2 N–H and O–H groups in total. The van der Waals surface area contributed by atoms with Gasteiger partial charge in [0.2, 0.25) is 0 Å². The summed E-state index contributed by atoms with van der Waals surface area (Å²) in [6, 6.07) is 20.2. The molecule has 0 unspecified atom stereocenters. The van der Waals surface area contributed by atoms with E-state index in [0.29, 0.717) is 13.0 Å². The fourth-order valence-electron chi connectivity index (χ4n) is 3.97. The molecule has 0 aliphatic carbocycles. The Labute approximate surface area is 195 Å². The highest BCUT2D eigenvalue weighted by Gasteiger charge is 2.14. The number of fused-ring (bicyclic) bond motifs is 1. The van der Waals surface area contributed by atoms with Crippen molar-refractivity contribution in [3.63, 3.8) is 0 Å². The molecule has 4 aromatic rings. The molecule has 2 aromatic carbocycles. The number of hydrogen-bond donors (Lipinski definition) is 2. The summed E-state index contributed by atoms with van der Waals surface area (Å²) < 4.78 is 3.13. The van der Waals surface area contributed by atoms with Gasteiger partial charge >= 0.3 is 0 Å². The predicted octanol–water partition coefficient (Wildman–Crippen LogP) is 5.60. The molecule has 0 aliphatic rings. The van der Waals surface area contributed by atoms with Crippen LogP contribution in [0.25, 0.3) is 22.7 Å². The van der Waals surface area contributed by atoms with Crippen molar-refractivity contribution >= 4 is 38.8 Å². The number of para-hydroxylation sites is 1. The first-order valence-corrected chi connectivity index (χ1v) is 11.2. The lowest BCUT2D eigenvalue weighted by molar-refractivity contribution is -0.117. The van der Waals surface area contributed by atoms with Crippen LogP contribution in [0, 0.1) is 25.2 Å². The molecule has 0 radical (unpaired) electrons. The number of nitrogens with zero attached hydrogens (tertiary/aromatic N) is 2. The molecule has 6 heteroatoms. The fourth-order valence-corrected chi connectivity index (χ4v) is 4.23. The lowest BCUT2D eigenvalue weighted by Crippen LogP contribution is -2.26. The third kappa shape index (κ3) is 4.39. The molecule has 4 rings (SSSR count). The van der Waals surface area contributed by atoms with Crippen molar-refractivity contribution < 1.29 is 4.79 Å². The second kappa shape index (κ2) is 9.29. The number of nitriles is 1. The zero-order chi connectivity index (χ0) is 22.7. The monoisotopic (exact) mass is 486 g/mol. The van der Waals surface area contributed by atoms with E-state index in [-0.39, 0.29) is 11.5 Å². The van der Waals surface area contributed by atoms with Crippen molar-refractivity contribution in [2.24, 2.45) is 0 Å². The van der Waals surface area contributed by atoms with Gasteiger partial charge in [-0.05, 0) is 73.9 Å². The molecule has 0 saturated carbocycles. The van der Waals surface area contributed by atoms with E-state index in [1.54, 1.807) is 6.08 Å². The molecule has 0 aliphatic heterocycles. The van der Waals surface area contributed by atoms with Crippen molar-refractivity contribution in [1.82, 2.24) is 14.9 Å². The molecule has 32 heavy (non-hydrogen) atoms. The summed E-state index contributed by atoms with van der Waals surface area (Å²) in [5.41, 5.74) is 6.21. The van der Waals surface area contributed by atoms with Crippen LogP contribution < -0.4 is 5.32 Å². The molecular formula is C26H23BrN4O. The van der Waals surface area contributed by atoms with E-state index in [2.05, 4.69) is 42.9 Å². The van der Waals surface area contributed by atoms with Gasteiger partial charge in [0, 0.05) is 45.2 Å². The van der Waals surface area contributed by atoms with E-state index in [9.17, 15) is 10.1 Å². The van der Waals surface area contributed by atoms with E-state index in [0.717, 1.165) is 43.6 Å². The third-order valence-corrected chi connectivity index (χ3v) is 6.10. The van der Waals surface area contributed by atoms with Crippen LogP contribution in [0.15, 0.2) is 70.8 Å². The van der Waals surface area contributed by atoms with Crippen LogP contribution in [0.4, 0.5) is 0 Å². The Bertz CT molecular complexity index is 1350.